The van der Waals surface area contributed by atoms with Crippen LogP contribution in [0.1, 0.15) is 5.56 Å². The van der Waals surface area contributed by atoms with Gasteiger partial charge in [-0.15, -0.1) is 0 Å². The van der Waals surface area contributed by atoms with Crippen molar-refractivity contribution in [3.8, 4) is 5.75 Å². The van der Waals surface area contributed by atoms with E-state index in [1.165, 1.54) is 12.3 Å². The van der Waals surface area contributed by atoms with Crippen LogP contribution in [0.2, 0.25) is 0 Å². The lowest BCUT2D eigenvalue weighted by Gasteiger charge is -1.95. The Morgan fingerprint density at radius 2 is 2.22 bits per heavy atom. The monoisotopic (exact) mass is 125 g/mol. The fourth-order valence-corrected chi connectivity index (χ4v) is 0.676. The van der Waals surface area contributed by atoms with Crippen LogP contribution in [0.25, 0.3) is 0 Å². The summed E-state index contributed by atoms with van der Waals surface area (Å²) in [6.07, 6.45) is 2.49. The minimum Gasteiger partial charge on any atom is -0.619 e. The average molecular weight is 125 g/mol. The van der Waals surface area contributed by atoms with Crippen LogP contribution in [0.15, 0.2) is 18.5 Å². The lowest BCUT2D eigenvalue weighted by Crippen LogP contribution is -2.24. The summed E-state index contributed by atoms with van der Waals surface area (Å²) in [5.74, 6) is 0.00463. The second-order valence-electron chi connectivity index (χ2n) is 1.93. The van der Waals surface area contributed by atoms with Crippen molar-refractivity contribution in [3.63, 3.8) is 0 Å². The summed E-state index contributed by atoms with van der Waals surface area (Å²) in [6.45, 7) is 1.74. The van der Waals surface area contributed by atoms with Crippen LogP contribution in [0.5, 0.6) is 5.75 Å². The molecule has 0 unspecified atom stereocenters. The van der Waals surface area contributed by atoms with Crippen LogP contribution >= 0.6 is 0 Å². The number of hydrogen-bond acceptors (Lipinski definition) is 2. The molecule has 0 saturated carbocycles. The molecule has 0 fully saturated rings. The van der Waals surface area contributed by atoms with Crippen molar-refractivity contribution < 1.29 is 9.84 Å². The second-order valence-corrected chi connectivity index (χ2v) is 1.93. The molecule has 0 aliphatic rings. The zero-order valence-corrected chi connectivity index (χ0v) is 5.03. The zero-order chi connectivity index (χ0) is 6.85. The van der Waals surface area contributed by atoms with Gasteiger partial charge in [0.15, 0.2) is 11.9 Å². The van der Waals surface area contributed by atoms with Gasteiger partial charge >= 0.3 is 0 Å². The molecule has 3 heteroatoms. The number of rotatable bonds is 0. The van der Waals surface area contributed by atoms with Gasteiger partial charge in [-0.1, -0.05) is 0 Å². The third kappa shape index (κ3) is 1.32. The predicted octanol–water partition coefficient (Wildman–Crippen LogP) is 0.334. The molecule has 0 bridgehead atoms. The van der Waals surface area contributed by atoms with Gasteiger partial charge in [-0.3, -0.25) is 0 Å². The molecule has 0 aliphatic heterocycles. The molecule has 1 aromatic rings. The number of aromatic nitrogens is 1. The molecule has 0 aliphatic carbocycles. The topological polar surface area (TPSA) is 47.2 Å². The summed E-state index contributed by atoms with van der Waals surface area (Å²) in [5.41, 5.74) is 0.755. The molecule has 48 valence electrons. The Hall–Kier alpha value is -1.25. The quantitative estimate of drug-likeness (QED) is 0.401. The molecule has 1 rings (SSSR count). The van der Waals surface area contributed by atoms with Crippen molar-refractivity contribution in [2.24, 2.45) is 0 Å². The van der Waals surface area contributed by atoms with Gasteiger partial charge in [0, 0.05) is 5.56 Å². The Balaban J connectivity index is 3.17. The van der Waals surface area contributed by atoms with Crippen molar-refractivity contribution in [1.82, 2.24) is 0 Å². The fourth-order valence-electron chi connectivity index (χ4n) is 0.676. The van der Waals surface area contributed by atoms with Gasteiger partial charge in [0.25, 0.3) is 0 Å². The van der Waals surface area contributed by atoms with Crippen molar-refractivity contribution in [2.45, 2.75) is 6.92 Å². The van der Waals surface area contributed by atoms with E-state index >= 15 is 0 Å². The summed E-state index contributed by atoms with van der Waals surface area (Å²) in [7, 11) is 0. The number of aromatic hydroxyl groups is 1. The van der Waals surface area contributed by atoms with E-state index in [1.54, 1.807) is 6.92 Å². The number of pyridine rings is 1. The first-order valence-electron chi connectivity index (χ1n) is 2.58. The van der Waals surface area contributed by atoms with Crippen molar-refractivity contribution >= 4 is 0 Å². The van der Waals surface area contributed by atoms with Crippen LogP contribution in [-0.4, -0.2) is 5.11 Å². The molecule has 1 heterocycles. The highest BCUT2D eigenvalue weighted by molar-refractivity contribution is 5.17. The maximum absolute atomic E-state index is 10.5. The Kier molecular flexibility index (Phi) is 1.26. The summed E-state index contributed by atoms with van der Waals surface area (Å²) < 4.78 is 0.574. The summed E-state index contributed by atoms with van der Waals surface area (Å²) in [5, 5.41) is 19.2. The number of hydrogen-bond donors (Lipinski definition) is 1. The van der Waals surface area contributed by atoms with E-state index in [9.17, 15) is 5.21 Å². The highest BCUT2D eigenvalue weighted by Crippen LogP contribution is 2.04. The average Bonchev–Trinajstić information content (AvgIpc) is 1.59. The highest BCUT2D eigenvalue weighted by Gasteiger charge is 1.94. The zero-order valence-electron chi connectivity index (χ0n) is 5.03. The lowest BCUT2D eigenvalue weighted by molar-refractivity contribution is -0.606. The van der Waals surface area contributed by atoms with Crippen molar-refractivity contribution in [2.75, 3.05) is 0 Å². The smallest absolute Gasteiger partial charge is 0.222 e. The molecule has 3 nitrogen and oxygen atoms in total. The van der Waals surface area contributed by atoms with E-state index in [1.807, 2.05) is 0 Å². The highest BCUT2D eigenvalue weighted by atomic mass is 16.5. The van der Waals surface area contributed by atoms with Crippen LogP contribution in [-0.2, 0) is 0 Å². The van der Waals surface area contributed by atoms with Gasteiger partial charge in [0.05, 0.1) is 0 Å². The minimum atomic E-state index is 0.00463. The normalized spacial score (nSPS) is 9.44. The molecule has 0 radical (unpaired) electrons. The van der Waals surface area contributed by atoms with Crippen molar-refractivity contribution in [3.05, 3.63) is 29.2 Å². The lowest BCUT2D eigenvalue weighted by atomic mass is 10.3. The first kappa shape index (κ1) is 5.88. The Morgan fingerprint density at radius 1 is 1.56 bits per heavy atom. The van der Waals surface area contributed by atoms with Gasteiger partial charge in [-0.2, -0.15) is 4.73 Å². The number of aryl methyl sites for hydroxylation is 1. The van der Waals surface area contributed by atoms with Crippen LogP contribution in [0, 0.1) is 12.1 Å². The van der Waals surface area contributed by atoms with Gasteiger partial charge in [-0.05, 0) is 13.0 Å². The summed E-state index contributed by atoms with van der Waals surface area (Å²) in [6, 6.07) is 1.52. The molecule has 1 N–H and O–H groups in total. The summed E-state index contributed by atoms with van der Waals surface area (Å²) >= 11 is 0. The second kappa shape index (κ2) is 1.93. The molecule has 0 spiro atoms. The maximum Gasteiger partial charge on any atom is 0.222 e. The Bertz CT molecular complexity index is 172. The standard InChI is InChI=1S/C6H7NO2/c1-5-2-6(8)4-7(9)3-5/h2-4,8H,1H3. The van der Waals surface area contributed by atoms with E-state index in [4.69, 9.17) is 5.11 Å². The minimum absolute atomic E-state index is 0.00463. The van der Waals surface area contributed by atoms with Crippen LogP contribution < -0.4 is 4.73 Å². The predicted molar refractivity (Wildman–Crippen MR) is 31.8 cm³/mol. The molecule has 1 aromatic heterocycles. The van der Waals surface area contributed by atoms with E-state index in [0.717, 1.165) is 11.8 Å². The molecular formula is C6H7NO2. The van der Waals surface area contributed by atoms with Crippen LogP contribution in [0.4, 0.5) is 0 Å². The van der Waals surface area contributed by atoms with E-state index < -0.39 is 0 Å². The van der Waals surface area contributed by atoms with Gasteiger partial charge in [0.1, 0.15) is 0 Å². The molecule has 0 atom stereocenters. The first-order valence-corrected chi connectivity index (χ1v) is 2.58. The maximum atomic E-state index is 10.5. The Labute approximate surface area is 52.8 Å². The third-order valence-electron chi connectivity index (χ3n) is 0.966. The molecular weight excluding hydrogens is 118 g/mol. The fraction of sp³-hybridized carbons (Fsp3) is 0.167. The van der Waals surface area contributed by atoms with E-state index in [-0.39, 0.29) is 5.75 Å². The van der Waals surface area contributed by atoms with Gasteiger partial charge in [-0.25, -0.2) is 0 Å². The molecule has 9 heavy (non-hydrogen) atoms. The molecule has 0 aromatic carbocycles. The Morgan fingerprint density at radius 3 is 2.67 bits per heavy atom. The van der Waals surface area contributed by atoms with E-state index in [2.05, 4.69) is 0 Å². The van der Waals surface area contributed by atoms with Gasteiger partial charge < -0.3 is 10.3 Å². The largest absolute Gasteiger partial charge is 0.619 e. The van der Waals surface area contributed by atoms with Crippen molar-refractivity contribution in [1.29, 1.82) is 0 Å². The first-order chi connectivity index (χ1) is 4.18. The third-order valence-corrected chi connectivity index (χ3v) is 0.966. The van der Waals surface area contributed by atoms with Gasteiger partial charge in [0.2, 0.25) is 6.20 Å². The van der Waals surface area contributed by atoms with E-state index in [0.29, 0.717) is 4.73 Å². The SMILES string of the molecule is Cc1cc(O)c[n+]([O-])c1. The van der Waals surface area contributed by atoms with Crippen LogP contribution in [0.3, 0.4) is 0 Å². The number of nitrogens with zero attached hydrogens (tertiary/aromatic N) is 1. The molecule has 0 amide bonds. The summed E-state index contributed by atoms with van der Waals surface area (Å²) in [4.78, 5) is 0. The molecule has 0 saturated heterocycles.